The van der Waals surface area contributed by atoms with E-state index in [1.807, 2.05) is 0 Å². The lowest BCUT2D eigenvalue weighted by molar-refractivity contribution is -0.117. The summed E-state index contributed by atoms with van der Waals surface area (Å²) in [5.41, 5.74) is 2.56. The Kier molecular flexibility index (Phi) is 3.75. The van der Waals surface area contributed by atoms with Gasteiger partial charge in [0.15, 0.2) is 5.78 Å². The summed E-state index contributed by atoms with van der Waals surface area (Å²) >= 11 is 0. The quantitative estimate of drug-likeness (QED) is 0.681. The Morgan fingerprint density at radius 1 is 1.40 bits per heavy atom. The summed E-state index contributed by atoms with van der Waals surface area (Å²) in [6.07, 6.45) is 4.21. The van der Waals surface area contributed by atoms with Crippen LogP contribution in [0.4, 0.5) is 0 Å². The van der Waals surface area contributed by atoms with E-state index in [2.05, 4.69) is 34.6 Å². The topological polar surface area (TPSA) is 17.1 Å². The van der Waals surface area contributed by atoms with E-state index in [9.17, 15) is 4.79 Å². The van der Waals surface area contributed by atoms with Crippen LogP contribution in [-0.2, 0) is 4.79 Å². The molecule has 0 radical (unpaired) electrons. The van der Waals surface area contributed by atoms with Crippen LogP contribution in [0.2, 0.25) is 0 Å². The summed E-state index contributed by atoms with van der Waals surface area (Å²) in [5, 5.41) is 0. The maximum atomic E-state index is 12.2. The zero-order chi connectivity index (χ0) is 11.6. The molecule has 0 N–H and O–H groups in total. The molecule has 0 spiro atoms. The Labute approximate surface area is 93.9 Å². The Balaban J connectivity index is 2.93. The van der Waals surface area contributed by atoms with Crippen LogP contribution in [0.3, 0.4) is 0 Å². The molecular formula is C14H24O. The zero-order valence-electron chi connectivity index (χ0n) is 10.8. The maximum absolute atomic E-state index is 12.2. The highest BCUT2D eigenvalue weighted by Gasteiger charge is 2.32. The van der Waals surface area contributed by atoms with Crippen molar-refractivity contribution in [2.75, 3.05) is 0 Å². The first-order chi connectivity index (χ1) is 6.84. The predicted octanol–water partition coefficient (Wildman–Crippen LogP) is 4.13. The minimum Gasteiger partial charge on any atom is -0.295 e. The molecule has 1 aliphatic carbocycles. The fourth-order valence-corrected chi connectivity index (χ4v) is 2.71. The van der Waals surface area contributed by atoms with E-state index in [0.717, 1.165) is 18.4 Å². The molecule has 0 aromatic carbocycles. The van der Waals surface area contributed by atoms with Crippen molar-refractivity contribution < 1.29 is 4.79 Å². The first kappa shape index (κ1) is 12.5. The van der Waals surface area contributed by atoms with Crippen molar-refractivity contribution >= 4 is 5.78 Å². The number of rotatable bonds is 3. The third-order valence-electron chi connectivity index (χ3n) is 3.33. The molecule has 1 heteroatoms. The van der Waals surface area contributed by atoms with Gasteiger partial charge in [-0.1, -0.05) is 33.3 Å². The van der Waals surface area contributed by atoms with Gasteiger partial charge < -0.3 is 0 Å². The normalized spacial score (nSPS) is 20.9. The molecule has 0 saturated carbocycles. The summed E-state index contributed by atoms with van der Waals surface area (Å²) in [4.78, 5) is 12.2. The van der Waals surface area contributed by atoms with Crippen LogP contribution in [0.25, 0.3) is 0 Å². The van der Waals surface area contributed by atoms with E-state index in [4.69, 9.17) is 0 Å². The summed E-state index contributed by atoms with van der Waals surface area (Å²) in [6, 6.07) is 0. The molecule has 0 aromatic heterocycles. The Hall–Kier alpha value is -0.590. The molecule has 0 aromatic rings. The molecule has 0 saturated heterocycles. The fourth-order valence-electron chi connectivity index (χ4n) is 2.71. The molecule has 0 aliphatic heterocycles. The van der Waals surface area contributed by atoms with Gasteiger partial charge in [0.1, 0.15) is 0 Å². The summed E-state index contributed by atoms with van der Waals surface area (Å²) < 4.78 is 0. The van der Waals surface area contributed by atoms with Crippen molar-refractivity contribution in [3.8, 4) is 0 Å². The minimum absolute atomic E-state index is 0.105. The first-order valence-corrected chi connectivity index (χ1v) is 6.08. The van der Waals surface area contributed by atoms with Gasteiger partial charge in [-0.05, 0) is 43.1 Å². The lowest BCUT2D eigenvalue weighted by Gasteiger charge is -2.33. The maximum Gasteiger partial charge on any atom is 0.159 e. The molecule has 0 atom stereocenters. The number of hydrogen-bond acceptors (Lipinski definition) is 1. The van der Waals surface area contributed by atoms with Crippen molar-refractivity contribution in [1.29, 1.82) is 0 Å². The number of ketones is 1. The van der Waals surface area contributed by atoms with Crippen LogP contribution >= 0.6 is 0 Å². The van der Waals surface area contributed by atoms with Crippen LogP contribution in [0.1, 0.15) is 60.3 Å². The lowest BCUT2D eigenvalue weighted by atomic mass is 9.70. The van der Waals surface area contributed by atoms with Gasteiger partial charge in [-0.3, -0.25) is 4.79 Å². The van der Waals surface area contributed by atoms with E-state index in [0.29, 0.717) is 18.1 Å². The summed E-state index contributed by atoms with van der Waals surface area (Å²) in [5.74, 6) is 0.850. The number of carbonyl (C=O) groups excluding carboxylic acids is 1. The monoisotopic (exact) mass is 208 g/mol. The highest BCUT2D eigenvalue weighted by molar-refractivity contribution is 5.97. The van der Waals surface area contributed by atoms with E-state index >= 15 is 0 Å². The van der Waals surface area contributed by atoms with E-state index in [-0.39, 0.29) is 5.41 Å². The van der Waals surface area contributed by atoms with Crippen molar-refractivity contribution in [2.24, 2.45) is 11.3 Å². The molecule has 0 bridgehead atoms. The van der Waals surface area contributed by atoms with Gasteiger partial charge in [0, 0.05) is 6.42 Å². The average molecular weight is 208 g/mol. The molecule has 1 nitrogen and oxygen atoms in total. The summed E-state index contributed by atoms with van der Waals surface area (Å²) in [6.45, 7) is 10.8. The Morgan fingerprint density at radius 2 is 2.00 bits per heavy atom. The van der Waals surface area contributed by atoms with E-state index in [1.165, 1.54) is 12.0 Å². The molecule has 0 fully saturated rings. The van der Waals surface area contributed by atoms with E-state index < -0.39 is 0 Å². The molecule has 1 rings (SSSR count). The predicted molar refractivity (Wildman–Crippen MR) is 64.8 cm³/mol. The van der Waals surface area contributed by atoms with Crippen molar-refractivity contribution in [3.63, 3.8) is 0 Å². The minimum atomic E-state index is 0.105. The van der Waals surface area contributed by atoms with Crippen LogP contribution in [0.15, 0.2) is 11.1 Å². The van der Waals surface area contributed by atoms with Crippen LogP contribution in [0, 0.1) is 11.3 Å². The number of allylic oxidation sites excluding steroid dienone is 2. The third kappa shape index (κ3) is 2.93. The smallest absolute Gasteiger partial charge is 0.159 e. The molecule has 86 valence electrons. The summed E-state index contributed by atoms with van der Waals surface area (Å²) in [7, 11) is 0. The standard InChI is InChI=1S/C14H24O/c1-10(2)9-12(15)13-11(3)7-6-8-14(13,4)5/h10H,6-9H2,1-5H3. The Morgan fingerprint density at radius 3 is 2.47 bits per heavy atom. The third-order valence-corrected chi connectivity index (χ3v) is 3.33. The van der Waals surface area contributed by atoms with Gasteiger partial charge in [-0.15, -0.1) is 0 Å². The van der Waals surface area contributed by atoms with Crippen LogP contribution in [-0.4, -0.2) is 5.78 Å². The van der Waals surface area contributed by atoms with E-state index in [1.54, 1.807) is 0 Å². The fraction of sp³-hybridized carbons (Fsp3) is 0.786. The van der Waals surface area contributed by atoms with Gasteiger partial charge >= 0.3 is 0 Å². The number of carbonyl (C=O) groups is 1. The SMILES string of the molecule is CC1=C(C(=O)CC(C)C)C(C)(C)CCC1. The zero-order valence-corrected chi connectivity index (χ0v) is 10.8. The second-order valence-electron chi connectivity index (χ2n) is 5.91. The van der Waals surface area contributed by atoms with Gasteiger partial charge in [0.05, 0.1) is 0 Å². The number of Topliss-reactive ketones (excluding diaryl/α,β-unsaturated/α-hetero) is 1. The highest BCUT2D eigenvalue weighted by atomic mass is 16.1. The molecule has 0 unspecified atom stereocenters. The molecule has 1 aliphatic rings. The average Bonchev–Trinajstić information content (AvgIpc) is 1.99. The lowest BCUT2D eigenvalue weighted by Crippen LogP contribution is -2.26. The highest BCUT2D eigenvalue weighted by Crippen LogP contribution is 2.41. The number of hydrogen-bond donors (Lipinski definition) is 0. The van der Waals surface area contributed by atoms with Gasteiger partial charge in [-0.25, -0.2) is 0 Å². The van der Waals surface area contributed by atoms with Crippen molar-refractivity contribution in [2.45, 2.75) is 60.3 Å². The van der Waals surface area contributed by atoms with Gasteiger partial charge in [0.2, 0.25) is 0 Å². The first-order valence-electron chi connectivity index (χ1n) is 6.08. The van der Waals surface area contributed by atoms with Crippen molar-refractivity contribution in [1.82, 2.24) is 0 Å². The van der Waals surface area contributed by atoms with Gasteiger partial charge in [-0.2, -0.15) is 0 Å². The molecular weight excluding hydrogens is 184 g/mol. The van der Waals surface area contributed by atoms with Gasteiger partial charge in [0.25, 0.3) is 0 Å². The molecule has 0 heterocycles. The van der Waals surface area contributed by atoms with Crippen molar-refractivity contribution in [3.05, 3.63) is 11.1 Å². The second kappa shape index (κ2) is 4.51. The van der Waals surface area contributed by atoms with Crippen LogP contribution in [0.5, 0.6) is 0 Å². The van der Waals surface area contributed by atoms with Crippen LogP contribution < -0.4 is 0 Å². The largest absolute Gasteiger partial charge is 0.295 e. The molecule has 0 amide bonds. The Bertz CT molecular complexity index is 282. The molecule has 15 heavy (non-hydrogen) atoms. The second-order valence-corrected chi connectivity index (χ2v) is 5.91.